The number of piperazine rings is 1. The van der Waals surface area contributed by atoms with Crippen molar-refractivity contribution in [2.75, 3.05) is 50.8 Å². The highest BCUT2D eigenvalue weighted by Crippen LogP contribution is 2.38. The van der Waals surface area contributed by atoms with Gasteiger partial charge in [-0.15, -0.1) is 0 Å². The van der Waals surface area contributed by atoms with Gasteiger partial charge in [-0.3, -0.25) is 9.69 Å². The van der Waals surface area contributed by atoms with Gasteiger partial charge in [0.2, 0.25) is 5.95 Å². The lowest BCUT2D eigenvalue weighted by Crippen LogP contribution is -2.50. The summed E-state index contributed by atoms with van der Waals surface area (Å²) in [6.07, 6.45) is 3.46. The van der Waals surface area contributed by atoms with Gasteiger partial charge in [-0.2, -0.15) is 0 Å². The fraction of sp³-hybridized carbons (Fsp3) is 0.438. The molecule has 0 aliphatic carbocycles. The number of anilines is 1. The number of amides is 2. The Morgan fingerprint density at radius 3 is 2.30 bits per heavy atom. The average Bonchev–Trinajstić information content (AvgIpc) is 3.07. The molecule has 2 aliphatic heterocycles. The number of carbonyl (C=O) groups is 2. The molecule has 2 fully saturated rings. The zero-order chi connectivity index (χ0) is 30.7. The smallest absolute Gasteiger partial charge is 0.325 e. The number of nitrogens with one attached hydrogen (secondary N) is 2. The zero-order valence-corrected chi connectivity index (χ0v) is 24.9. The number of ether oxygens (including phenoxy) is 3. The Balaban J connectivity index is 1.20. The van der Waals surface area contributed by atoms with Gasteiger partial charge in [0.25, 0.3) is 0 Å². The van der Waals surface area contributed by atoms with Crippen LogP contribution >= 0.6 is 0 Å². The number of benzene rings is 2. The van der Waals surface area contributed by atoms with E-state index in [1.54, 1.807) is 19.3 Å². The van der Waals surface area contributed by atoms with Crippen LogP contribution in [0.2, 0.25) is 0 Å². The van der Waals surface area contributed by atoms with Crippen LogP contribution in [-0.2, 0) is 32.2 Å². The number of rotatable bonds is 11. The van der Waals surface area contributed by atoms with Gasteiger partial charge >= 0.3 is 12.0 Å². The van der Waals surface area contributed by atoms with Crippen molar-refractivity contribution in [3.05, 3.63) is 89.2 Å². The van der Waals surface area contributed by atoms with Crippen LogP contribution in [0.4, 0.5) is 10.7 Å². The minimum absolute atomic E-state index is 0.00553. The molecule has 0 unspecified atom stereocenters. The minimum Gasteiger partial charge on any atom is -0.465 e. The quantitative estimate of drug-likeness (QED) is 0.280. The van der Waals surface area contributed by atoms with Gasteiger partial charge in [-0.25, -0.2) is 14.8 Å². The van der Waals surface area contributed by atoms with Crippen molar-refractivity contribution in [1.82, 2.24) is 25.5 Å². The third-order valence-corrected chi connectivity index (χ3v) is 7.69. The van der Waals surface area contributed by atoms with Crippen molar-refractivity contribution in [2.45, 2.75) is 45.0 Å². The van der Waals surface area contributed by atoms with E-state index in [4.69, 9.17) is 14.2 Å². The summed E-state index contributed by atoms with van der Waals surface area (Å²) >= 11 is 0. The molecule has 1 aromatic heterocycles. The molecule has 0 spiro atoms. The highest BCUT2D eigenvalue weighted by molar-refractivity contribution is 5.80. The van der Waals surface area contributed by atoms with Crippen molar-refractivity contribution in [3.63, 3.8) is 0 Å². The largest absolute Gasteiger partial charge is 0.465 e. The number of aromatic nitrogens is 2. The van der Waals surface area contributed by atoms with Gasteiger partial charge in [0.05, 0.1) is 25.4 Å². The molecule has 2 aliphatic rings. The van der Waals surface area contributed by atoms with E-state index in [1.165, 1.54) is 0 Å². The van der Waals surface area contributed by atoms with Gasteiger partial charge in [0.15, 0.2) is 6.29 Å². The number of urea groups is 1. The minimum atomic E-state index is -0.565. The van der Waals surface area contributed by atoms with E-state index in [0.29, 0.717) is 13.0 Å². The van der Waals surface area contributed by atoms with E-state index in [2.05, 4.69) is 30.4 Å². The van der Waals surface area contributed by atoms with Crippen LogP contribution < -0.4 is 15.5 Å². The van der Waals surface area contributed by atoms with Gasteiger partial charge < -0.3 is 34.9 Å². The molecule has 2 amide bonds. The van der Waals surface area contributed by atoms with Gasteiger partial charge in [-0.1, -0.05) is 48.5 Å². The van der Waals surface area contributed by atoms with Gasteiger partial charge in [0, 0.05) is 63.6 Å². The first-order valence-corrected chi connectivity index (χ1v) is 15.0. The predicted octanol–water partition coefficient (Wildman–Crippen LogP) is 2.70. The molecule has 3 heterocycles. The van der Waals surface area contributed by atoms with Crippen LogP contribution in [0.15, 0.2) is 67.0 Å². The number of hydrogen-bond acceptors (Lipinski definition) is 10. The lowest BCUT2D eigenvalue weighted by atomic mass is 9.99. The molecule has 2 saturated heterocycles. The van der Waals surface area contributed by atoms with Crippen molar-refractivity contribution in [2.24, 2.45) is 0 Å². The topological polar surface area (TPSA) is 138 Å². The van der Waals surface area contributed by atoms with Crippen LogP contribution in [0.5, 0.6) is 0 Å². The van der Waals surface area contributed by atoms with Crippen molar-refractivity contribution < 1.29 is 28.9 Å². The molecule has 12 heteroatoms. The molecule has 3 aromatic rings. The molecule has 12 nitrogen and oxygen atoms in total. The predicted molar refractivity (Wildman–Crippen MR) is 162 cm³/mol. The van der Waals surface area contributed by atoms with Crippen LogP contribution in [0.3, 0.4) is 0 Å². The Bertz CT molecular complexity index is 1340. The Labute approximate surface area is 257 Å². The molecule has 3 N–H and O–H groups in total. The van der Waals surface area contributed by atoms with Gasteiger partial charge in [-0.05, 0) is 29.7 Å². The molecular weight excluding hydrogens is 564 g/mol. The first kappa shape index (κ1) is 31.3. The SMILES string of the molecule is CCOC(=O)CNC(=O)NCc1ccc([C@H]2O[C@@H](CN3CCN(c4ncccn4)CC3)C[C@@H](c3ccc(CO)cc3)O2)cc1. The number of hydrogen-bond donors (Lipinski definition) is 3. The second-order valence-corrected chi connectivity index (χ2v) is 10.8. The number of esters is 1. The third-order valence-electron chi connectivity index (χ3n) is 7.69. The van der Waals surface area contributed by atoms with E-state index < -0.39 is 18.3 Å². The summed E-state index contributed by atoms with van der Waals surface area (Å²) in [5, 5.41) is 14.7. The standard InChI is InChI=1S/C32H40N6O6/c1-2-42-29(40)20-36-32(41)35-19-23-4-10-26(11-5-23)30-43-27(18-28(44-30)25-8-6-24(22-39)7-9-25)21-37-14-16-38(17-15-37)31-33-12-3-13-34-31/h3-13,27-28,30,39H,2,14-22H2,1H3,(H2,35,36,41)/t27-,28+,30+/m1/s1. The second-order valence-electron chi connectivity index (χ2n) is 10.8. The van der Waals surface area contributed by atoms with E-state index >= 15 is 0 Å². The highest BCUT2D eigenvalue weighted by Gasteiger charge is 2.34. The Morgan fingerprint density at radius 2 is 1.61 bits per heavy atom. The number of carbonyl (C=O) groups excluding carboxylic acids is 2. The van der Waals surface area contributed by atoms with Crippen molar-refractivity contribution >= 4 is 17.9 Å². The molecular formula is C32H40N6O6. The van der Waals surface area contributed by atoms with E-state index in [1.807, 2.05) is 54.6 Å². The fourth-order valence-electron chi connectivity index (χ4n) is 5.31. The first-order valence-electron chi connectivity index (χ1n) is 15.0. The van der Waals surface area contributed by atoms with E-state index in [9.17, 15) is 14.7 Å². The average molecular weight is 605 g/mol. The Hall–Kier alpha value is -4.10. The van der Waals surface area contributed by atoms with E-state index in [0.717, 1.165) is 60.9 Å². The number of aliphatic hydroxyl groups is 1. The third kappa shape index (κ3) is 8.73. The van der Waals surface area contributed by atoms with Crippen LogP contribution in [0.25, 0.3) is 0 Å². The molecule has 0 radical (unpaired) electrons. The molecule has 234 valence electrons. The molecule has 5 rings (SSSR count). The molecule has 0 saturated carbocycles. The molecule has 3 atom stereocenters. The lowest BCUT2D eigenvalue weighted by molar-refractivity contribution is -0.253. The summed E-state index contributed by atoms with van der Waals surface area (Å²) in [7, 11) is 0. The normalized spacial score (nSPS) is 20.6. The van der Waals surface area contributed by atoms with E-state index in [-0.39, 0.29) is 32.0 Å². The van der Waals surface area contributed by atoms with Crippen molar-refractivity contribution in [3.8, 4) is 0 Å². The maximum Gasteiger partial charge on any atom is 0.325 e. The lowest BCUT2D eigenvalue weighted by Gasteiger charge is -2.40. The summed E-state index contributed by atoms with van der Waals surface area (Å²) in [5.74, 6) is 0.279. The molecule has 2 aromatic carbocycles. The molecule has 0 bridgehead atoms. The zero-order valence-electron chi connectivity index (χ0n) is 24.9. The summed E-state index contributed by atoms with van der Waals surface area (Å²) in [6.45, 7) is 6.32. The van der Waals surface area contributed by atoms with Crippen molar-refractivity contribution in [1.29, 1.82) is 0 Å². The first-order chi connectivity index (χ1) is 21.5. The summed E-state index contributed by atoms with van der Waals surface area (Å²) in [4.78, 5) is 36.9. The summed E-state index contributed by atoms with van der Waals surface area (Å²) < 4.78 is 17.8. The number of nitrogens with zero attached hydrogens (tertiary/aromatic N) is 4. The maximum atomic E-state index is 12.0. The summed E-state index contributed by atoms with van der Waals surface area (Å²) in [5.41, 5.74) is 3.67. The molecule has 44 heavy (non-hydrogen) atoms. The Kier molecular flexibility index (Phi) is 11.1. The number of aliphatic hydroxyl groups excluding tert-OH is 1. The van der Waals surface area contributed by atoms with Crippen LogP contribution in [0, 0.1) is 0 Å². The van der Waals surface area contributed by atoms with Crippen LogP contribution in [-0.4, -0.2) is 84.0 Å². The Morgan fingerprint density at radius 1 is 0.932 bits per heavy atom. The monoisotopic (exact) mass is 604 g/mol. The summed E-state index contributed by atoms with van der Waals surface area (Å²) in [6, 6.07) is 17.0. The van der Waals surface area contributed by atoms with Gasteiger partial charge in [0.1, 0.15) is 6.54 Å². The van der Waals surface area contributed by atoms with Crippen LogP contribution in [0.1, 0.15) is 48.0 Å². The highest BCUT2D eigenvalue weighted by atomic mass is 16.7. The second kappa shape index (κ2) is 15.6. The fourth-order valence-corrected chi connectivity index (χ4v) is 5.31. The maximum absolute atomic E-state index is 12.0.